The molecule has 0 bridgehead atoms. The number of nitrogens with zero attached hydrogens (tertiary/aromatic N) is 1. The molecule has 0 spiro atoms. The van der Waals surface area contributed by atoms with Crippen molar-refractivity contribution in [1.29, 1.82) is 0 Å². The summed E-state index contributed by atoms with van der Waals surface area (Å²) in [6, 6.07) is 21.5. The maximum absolute atomic E-state index is 13.4. The fraction of sp³-hybridized carbons (Fsp3) is 0.0870. The Bertz CT molecular complexity index is 1420. The third-order valence-electron chi connectivity index (χ3n) is 4.76. The van der Waals surface area contributed by atoms with E-state index < -0.39 is 16.0 Å². The van der Waals surface area contributed by atoms with E-state index in [0.29, 0.717) is 27.4 Å². The Labute approximate surface area is 194 Å². The Hall–Kier alpha value is -3.63. The fourth-order valence-electron chi connectivity index (χ4n) is 3.20. The number of aromatic amines is 1. The lowest BCUT2D eigenvalue weighted by Gasteiger charge is -2.06. The molecule has 168 valence electrons. The van der Waals surface area contributed by atoms with Crippen LogP contribution in [0.1, 0.15) is 10.4 Å². The molecule has 0 aliphatic carbocycles. The number of nitrogens with one attached hydrogen (secondary N) is 2. The van der Waals surface area contributed by atoms with Gasteiger partial charge in [0.2, 0.25) is 5.91 Å². The molecule has 33 heavy (non-hydrogen) atoms. The fourth-order valence-corrected chi connectivity index (χ4v) is 5.79. The number of amides is 1. The van der Waals surface area contributed by atoms with Gasteiger partial charge in [-0.3, -0.25) is 4.79 Å². The van der Waals surface area contributed by atoms with E-state index >= 15 is 0 Å². The zero-order valence-electron chi connectivity index (χ0n) is 17.5. The van der Waals surface area contributed by atoms with Crippen LogP contribution in [0.4, 0.5) is 5.69 Å². The number of H-pyrrole nitrogens is 1. The summed E-state index contributed by atoms with van der Waals surface area (Å²) in [5, 5.41) is 3.05. The number of ether oxygens (including phenoxy) is 1. The maximum Gasteiger partial charge on any atom is 0.337 e. The quantitative estimate of drug-likeness (QED) is 0.238. The largest absolute Gasteiger partial charge is 0.465 e. The van der Waals surface area contributed by atoms with E-state index in [-0.39, 0.29) is 16.6 Å². The number of carbonyl (C=O) groups excluding carboxylic acids is 2. The lowest BCUT2D eigenvalue weighted by atomic mass is 10.2. The first-order valence-corrected chi connectivity index (χ1v) is 12.3. The second-order valence-corrected chi connectivity index (χ2v) is 9.69. The minimum Gasteiger partial charge on any atom is -0.465 e. The normalized spacial score (nSPS) is 11.3. The van der Waals surface area contributed by atoms with Crippen molar-refractivity contribution in [1.82, 2.24) is 4.98 Å². The highest BCUT2D eigenvalue weighted by molar-refractivity contribution is 8.00. The summed E-state index contributed by atoms with van der Waals surface area (Å²) in [6.45, 7) is 0. The van der Waals surface area contributed by atoms with Gasteiger partial charge in [-0.2, -0.15) is 8.42 Å². The average Bonchev–Trinajstić information content (AvgIpc) is 3.22. The van der Waals surface area contributed by atoms with Crippen LogP contribution in [0.3, 0.4) is 0 Å². The molecule has 0 aliphatic heterocycles. The third kappa shape index (κ3) is 4.76. The van der Waals surface area contributed by atoms with Crippen molar-refractivity contribution in [2.45, 2.75) is 10.1 Å². The number of hydrogen-bond donors (Lipinski definition) is 2. The molecule has 0 saturated heterocycles. The molecule has 0 saturated carbocycles. The van der Waals surface area contributed by atoms with Gasteiger partial charge >= 0.3 is 21.1 Å². The van der Waals surface area contributed by atoms with E-state index in [0.717, 1.165) is 11.8 Å². The lowest BCUT2D eigenvalue weighted by Crippen LogP contribution is -2.44. The van der Waals surface area contributed by atoms with Gasteiger partial charge < -0.3 is 10.1 Å². The molecule has 3 aromatic carbocycles. The molecule has 2 N–H and O–H groups in total. The van der Waals surface area contributed by atoms with Gasteiger partial charge in [0.1, 0.15) is 4.90 Å². The second-order valence-electron chi connectivity index (χ2n) is 6.94. The monoisotopic (exact) mass is 482 g/mol. The van der Waals surface area contributed by atoms with Gasteiger partial charge in [0.25, 0.3) is 0 Å². The molecule has 0 atom stereocenters. The first-order valence-electron chi connectivity index (χ1n) is 9.84. The summed E-state index contributed by atoms with van der Waals surface area (Å²) in [7, 11) is -2.59. The van der Waals surface area contributed by atoms with Gasteiger partial charge in [-0.1, -0.05) is 30.3 Å². The Morgan fingerprint density at radius 2 is 1.64 bits per heavy atom. The number of methoxy groups -OCH3 is 1. The molecule has 1 heterocycles. The van der Waals surface area contributed by atoms with Gasteiger partial charge in [0.15, 0.2) is 11.0 Å². The number of rotatable bonds is 7. The number of hydrogen-bond acceptors (Lipinski definition) is 6. The summed E-state index contributed by atoms with van der Waals surface area (Å²) in [5.41, 5.74) is 2.01. The predicted octanol–water partition coefficient (Wildman–Crippen LogP) is 3.21. The summed E-state index contributed by atoms with van der Waals surface area (Å²) < 4.78 is 32.6. The highest BCUT2D eigenvalue weighted by Gasteiger charge is 2.31. The molecule has 0 radical (unpaired) electrons. The molecule has 4 rings (SSSR count). The Morgan fingerprint density at radius 3 is 2.33 bits per heavy atom. The van der Waals surface area contributed by atoms with Crippen molar-refractivity contribution < 1.29 is 26.7 Å². The SMILES string of the molecule is COC(=O)c1ccc(NC(=O)CSc2[nH]c3ccccc3[n+]2S(=O)(=O)c2ccccc2)cc1. The van der Waals surface area contributed by atoms with E-state index in [4.69, 9.17) is 0 Å². The van der Waals surface area contributed by atoms with Crippen molar-refractivity contribution in [3.8, 4) is 0 Å². The molecule has 10 heteroatoms. The number of imidazole rings is 1. The third-order valence-corrected chi connectivity index (χ3v) is 7.57. The van der Waals surface area contributed by atoms with Crippen LogP contribution in [0.15, 0.2) is 88.9 Å². The standard InChI is InChI=1S/C23H19N3O5S2/c1-31-22(28)16-11-13-17(14-12-16)24-21(27)15-32-23-25-19-9-5-6-10-20(19)26(23)33(29,30)18-7-3-2-4-8-18/h2-14H,15H2,1H3,(H,24,27,28)/p+1. The number of benzene rings is 3. The lowest BCUT2D eigenvalue weighted by molar-refractivity contribution is -0.526. The van der Waals surface area contributed by atoms with Crippen LogP contribution in [0.5, 0.6) is 0 Å². The van der Waals surface area contributed by atoms with Crippen LogP contribution in [-0.2, 0) is 19.6 Å². The van der Waals surface area contributed by atoms with Crippen LogP contribution >= 0.6 is 11.8 Å². The van der Waals surface area contributed by atoms with Gasteiger partial charge in [0.05, 0.1) is 18.4 Å². The minimum atomic E-state index is -3.89. The van der Waals surface area contributed by atoms with Gasteiger partial charge in [0, 0.05) is 5.69 Å². The van der Waals surface area contributed by atoms with Crippen molar-refractivity contribution >= 4 is 50.4 Å². The number of fused-ring (bicyclic) bond motifs is 1. The average molecular weight is 483 g/mol. The van der Waals surface area contributed by atoms with Crippen LogP contribution in [-0.4, -0.2) is 38.1 Å². The number of carbonyl (C=O) groups is 2. The number of aromatic nitrogens is 2. The van der Waals surface area contributed by atoms with Gasteiger partial charge in [-0.15, -0.1) is 3.97 Å². The predicted molar refractivity (Wildman–Crippen MR) is 125 cm³/mol. The molecule has 1 amide bonds. The maximum atomic E-state index is 13.4. The molecule has 4 aromatic rings. The zero-order chi connectivity index (χ0) is 23.4. The van der Waals surface area contributed by atoms with Crippen molar-refractivity contribution in [2.24, 2.45) is 0 Å². The molecule has 0 unspecified atom stereocenters. The Kier molecular flexibility index (Phi) is 6.47. The topological polar surface area (TPSA) is 109 Å². The molecule has 8 nitrogen and oxygen atoms in total. The number of thioether (sulfide) groups is 1. The summed E-state index contributed by atoms with van der Waals surface area (Å²) in [4.78, 5) is 27.3. The smallest absolute Gasteiger partial charge is 0.337 e. The Balaban J connectivity index is 1.56. The van der Waals surface area contributed by atoms with E-state index in [1.165, 1.54) is 23.2 Å². The first kappa shape index (κ1) is 22.6. The van der Waals surface area contributed by atoms with Gasteiger partial charge in [-0.25, -0.2) is 9.78 Å². The number of para-hydroxylation sites is 2. The van der Waals surface area contributed by atoms with Crippen molar-refractivity contribution in [3.05, 3.63) is 84.4 Å². The van der Waals surface area contributed by atoms with Crippen LogP contribution in [0, 0.1) is 0 Å². The van der Waals surface area contributed by atoms with Crippen LogP contribution in [0.2, 0.25) is 0 Å². The van der Waals surface area contributed by atoms with Crippen LogP contribution in [0.25, 0.3) is 11.0 Å². The van der Waals surface area contributed by atoms with E-state index in [9.17, 15) is 18.0 Å². The summed E-state index contributed by atoms with van der Waals surface area (Å²) in [5.74, 6) is -0.824. The van der Waals surface area contributed by atoms with Crippen LogP contribution < -0.4 is 9.29 Å². The molecule has 1 aromatic heterocycles. The summed E-state index contributed by atoms with van der Waals surface area (Å²) in [6.07, 6.45) is 0. The second kappa shape index (κ2) is 9.47. The molecule has 0 aliphatic rings. The highest BCUT2D eigenvalue weighted by atomic mass is 32.2. The minimum absolute atomic E-state index is 0.0319. The molecular weight excluding hydrogens is 462 g/mol. The molecular formula is C23H20N3O5S2+. The van der Waals surface area contributed by atoms with E-state index in [1.807, 2.05) is 0 Å². The van der Waals surface area contributed by atoms with Crippen molar-refractivity contribution in [2.75, 3.05) is 18.2 Å². The molecule has 0 fully saturated rings. The summed E-state index contributed by atoms with van der Waals surface area (Å²) >= 11 is 1.08. The Morgan fingerprint density at radius 1 is 0.970 bits per heavy atom. The number of esters is 1. The zero-order valence-corrected chi connectivity index (χ0v) is 19.2. The van der Waals surface area contributed by atoms with Crippen molar-refractivity contribution in [3.63, 3.8) is 0 Å². The van der Waals surface area contributed by atoms with E-state index in [1.54, 1.807) is 66.7 Å². The van der Waals surface area contributed by atoms with E-state index in [2.05, 4.69) is 15.0 Å². The van der Waals surface area contributed by atoms with Gasteiger partial charge in [-0.05, 0) is 60.3 Å². The number of anilines is 1. The highest BCUT2D eigenvalue weighted by Crippen LogP contribution is 2.22. The first-order chi connectivity index (χ1) is 15.9.